The molecule has 0 aliphatic carbocycles. The first-order valence-corrected chi connectivity index (χ1v) is 13.2. The Morgan fingerprint density at radius 3 is 2.78 bits per heavy atom. The molecule has 4 aromatic rings. The minimum absolute atomic E-state index is 0.0491. The largest absolute Gasteiger partial charge is 0.457 e. The molecule has 41 heavy (non-hydrogen) atoms. The SMILES string of the molecule is C=CC(=O)N1CC2CCC(C1)N2c1ccc2ncnc(Nc3cc(C)c(Oc4cc[nH]/c(=N\C=N)c4)cc3F)c2n1. The van der Waals surface area contributed by atoms with Gasteiger partial charge in [0.2, 0.25) is 5.91 Å². The van der Waals surface area contributed by atoms with E-state index in [0.717, 1.165) is 25.0 Å². The molecule has 2 aliphatic heterocycles. The molecule has 6 rings (SSSR count). The molecule has 0 spiro atoms. The molecular formula is C29H28FN9O2. The second-order valence-corrected chi connectivity index (χ2v) is 9.99. The van der Waals surface area contributed by atoms with Crippen molar-refractivity contribution in [3.63, 3.8) is 0 Å². The molecule has 2 bridgehead atoms. The van der Waals surface area contributed by atoms with Gasteiger partial charge in [-0.1, -0.05) is 6.58 Å². The standard InChI is InChI=1S/C29H28FN9O2/c1-3-27(40)38-13-18-4-5-19(14-38)39(18)26-7-6-22-28(37-26)29(35-16-34-22)36-23-10-17(2)24(12-21(23)30)41-20-8-9-32-25(11-20)33-15-31/h3,6-12,15-16,18-19H,1,4-5,13-14H2,2H3,(H2,31,32,33)(H,34,35,36). The van der Waals surface area contributed by atoms with Crippen molar-refractivity contribution in [2.45, 2.75) is 31.8 Å². The van der Waals surface area contributed by atoms with Crippen LogP contribution in [0.3, 0.4) is 0 Å². The molecule has 0 radical (unpaired) electrons. The first kappa shape index (κ1) is 26.1. The fourth-order valence-corrected chi connectivity index (χ4v) is 5.52. The third-order valence-corrected chi connectivity index (χ3v) is 7.41. The van der Waals surface area contributed by atoms with Gasteiger partial charge < -0.3 is 24.8 Å². The van der Waals surface area contributed by atoms with Crippen molar-refractivity contribution < 1.29 is 13.9 Å². The number of hydrogen-bond acceptors (Lipinski definition) is 8. The van der Waals surface area contributed by atoms with Crippen molar-refractivity contribution in [1.82, 2.24) is 24.8 Å². The van der Waals surface area contributed by atoms with E-state index in [9.17, 15) is 4.79 Å². The minimum atomic E-state index is -0.526. The van der Waals surface area contributed by atoms with Crippen LogP contribution >= 0.6 is 0 Å². The van der Waals surface area contributed by atoms with Crippen LogP contribution in [0.1, 0.15) is 18.4 Å². The molecule has 2 fully saturated rings. The number of pyridine rings is 2. The van der Waals surface area contributed by atoms with Gasteiger partial charge in [-0.2, -0.15) is 0 Å². The Balaban J connectivity index is 1.27. The lowest BCUT2D eigenvalue weighted by molar-refractivity contribution is -0.126. The van der Waals surface area contributed by atoms with E-state index in [4.69, 9.17) is 15.1 Å². The number of carbonyl (C=O) groups excluding carboxylic acids is 1. The molecule has 3 aromatic heterocycles. The molecule has 5 heterocycles. The number of hydrogen-bond donors (Lipinski definition) is 3. The van der Waals surface area contributed by atoms with Gasteiger partial charge in [-0.15, -0.1) is 0 Å². The quantitative estimate of drug-likeness (QED) is 0.177. The molecule has 12 heteroatoms. The number of nitrogens with zero attached hydrogens (tertiary/aromatic N) is 6. The number of nitrogens with one attached hydrogen (secondary N) is 3. The first-order chi connectivity index (χ1) is 19.9. The predicted molar refractivity (Wildman–Crippen MR) is 153 cm³/mol. The lowest BCUT2D eigenvalue weighted by Gasteiger charge is -2.41. The Bertz CT molecular complexity index is 1720. The Kier molecular flexibility index (Phi) is 6.88. The fourth-order valence-electron chi connectivity index (χ4n) is 5.52. The highest BCUT2D eigenvalue weighted by Crippen LogP contribution is 2.36. The van der Waals surface area contributed by atoms with Gasteiger partial charge >= 0.3 is 0 Å². The van der Waals surface area contributed by atoms with E-state index < -0.39 is 5.82 Å². The molecule has 2 saturated heterocycles. The predicted octanol–water partition coefficient (Wildman–Crippen LogP) is 4.21. The van der Waals surface area contributed by atoms with Crippen LogP contribution < -0.4 is 20.4 Å². The van der Waals surface area contributed by atoms with Gasteiger partial charge in [-0.05, 0) is 55.7 Å². The highest BCUT2D eigenvalue weighted by molar-refractivity contribution is 5.89. The van der Waals surface area contributed by atoms with E-state index >= 15 is 4.39 Å². The highest BCUT2D eigenvalue weighted by Gasteiger charge is 2.41. The number of aryl methyl sites for hydroxylation is 1. The average Bonchev–Trinajstić information content (AvgIpc) is 3.24. The van der Waals surface area contributed by atoms with Crippen LogP contribution in [0.15, 0.2) is 66.6 Å². The Morgan fingerprint density at radius 1 is 1.22 bits per heavy atom. The number of anilines is 3. The van der Waals surface area contributed by atoms with E-state index in [1.165, 1.54) is 18.5 Å². The lowest BCUT2D eigenvalue weighted by atomic mass is 10.1. The summed E-state index contributed by atoms with van der Waals surface area (Å²) >= 11 is 0. The van der Waals surface area contributed by atoms with Crippen LogP contribution in [0.4, 0.5) is 21.7 Å². The monoisotopic (exact) mass is 553 g/mol. The molecule has 0 saturated carbocycles. The van der Waals surface area contributed by atoms with Gasteiger partial charge in [0.1, 0.15) is 46.8 Å². The van der Waals surface area contributed by atoms with Crippen LogP contribution in [0.25, 0.3) is 11.0 Å². The number of amides is 1. The number of fused-ring (bicyclic) bond motifs is 3. The van der Waals surface area contributed by atoms with E-state index in [-0.39, 0.29) is 23.7 Å². The number of rotatable bonds is 7. The van der Waals surface area contributed by atoms with Gasteiger partial charge in [0.25, 0.3) is 0 Å². The molecular weight excluding hydrogens is 525 g/mol. The number of halogens is 1. The maximum absolute atomic E-state index is 15.3. The maximum atomic E-state index is 15.3. The average molecular weight is 554 g/mol. The third-order valence-electron chi connectivity index (χ3n) is 7.41. The summed E-state index contributed by atoms with van der Waals surface area (Å²) in [4.78, 5) is 36.8. The van der Waals surface area contributed by atoms with Crippen LogP contribution in [0, 0.1) is 18.2 Å². The lowest BCUT2D eigenvalue weighted by Crippen LogP contribution is -2.55. The number of ether oxygens (including phenoxy) is 1. The number of likely N-dealkylation sites (tertiary alicyclic amines) is 1. The topological polar surface area (TPSA) is 135 Å². The molecule has 208 valence electrons. The van der Waals surface area contributed by atoms with Crippen LogP contribution in [-0.2, 0) is 4.79 Å². The van der Waals surface area contributed by atoms with Gasteiger partial charge in [0.05, 0.1) is 11.2 Å². The number of aromatic amines is 1. The maximum Gasteiger partial charge on any atom is 0.246 e. The van der Waals surface area contributed by atoms with E-state index in [1.807, 2.05) is 24.0 Å². The van der Waals surface area contributed by atoms with Crippen molar-refractivity contribution in [2.75, 3.05) is 23.3 Å². The second-order valence-electron chi connectivity index (χ2n) is 9.99. The Hall–Kier alpha value is -5.13. The first-order valence-electron chi connectivity index (χ1n) is 13.2. The summed E-state index contributed by atoms with van der Waals surface area (Å²) in [5, 5.41) is 10.2. The van der Waals surface area contributed by atoms with Crippen molar-refractivity contribution in [1.29, 1.82) is 5.41 Å². The van der Waals surface area contributed by atoms with E-state index in [1.54, 1.807) is 24.4 Å². The van der Waals surface area contributed by atoms with Crippen LogP contribution in [0.2, 0.25) is 0 Å². The Morgan fingerprint density at radius 2 is 2.02 bits per heavy atom. The number of benzene rings is 1. The van der Waals surface area contributed by atoms with Crippen LogP contribution in [0.5, 0.6) is 11.5 Å². The third kappa shape index (κ3) is 5.11. The summed E-state index contributed by atoms with van der Waals surface area (Å²) in [6.45, 7) is 6.68. The molecule has 1 amide bonds. The second kappa shape index (κ2) is 10.8. The van der Waals surface area contributed by atoms with Crippen molar-refractivity contribution in [2.24, 2.45) is 4.99 Å². The smallest absolute Gasteiger partial charge is 0.246 e. The minimum Gasteiger partial charge on any atom is -0.457 e. The summed E-state index contributed by atoms with van der Waals surface area (Å²) in [5.41, 5.74) is 2.51. The number of carbonyl (C=O) groups is 1. The number of H-pyrrole nitrogens is 1. The van der Waals surface area contributed by atoms with Gasteiger partial charge in [-0.3, -0.25) is 10.2 Å². The van der Waals surface area contributed by atoms with Crippen molar-refractivity contribution >= 4 is 40.6 Å². The van der Waals surface area contributed by atoms with Gasteiger partial charge in [0.15, 0.2) is 5.82 Å². The van der Waals surface area contributed by atoms with Crippen molar-refractivity contribution in [3.8, 4) is 11.5 Å². The molecule has 11 nitrogen and oxygen atoms in total. The summed E-state index contributed by atoms with van der Waals surface area (Å²) in [5.74, 6) is 1.39. The molecule has 2 aliphatic rings. The van der Waals surface area contributed by atoms with Gasteiger partial charge in [0, 0.05) is 43.5 Å². The van der Waals surface area contributed by atoms with Crippen molar-refractivity contribution in [3.05, 3.63) is 78.4 Å². The summed E-state index contributed by atoms with van der Waals surface area (Å²) in [6, 6.07) is 10.4. The number of aromatic nitrogens is 4. The zero-order valence-corrected chi connectivity index (χ0v) is 22.3. The zero-order valence-electron chi connectivity index (χ0n) is 22.3. The van der Waals surface area contributed by atoms with Crippen LogP contribution in [-0.4, -0.2) is 62.3 Å². The fraction of sp³-hybridized carbons (Fsp3) is 0.241. The Labute approximate surface area is 235 Å². The molecule has 3 N–H and O–H groups in total. The van der Waals surface area contributed by atoms with E-state index in [0.29, 0.717) is 52.5 Å². The zero-order chi connectivity index (χ0) is 28.5. The summed E-state index contributed by atoms with van der Waals surface area (Å²) in [6.07, 6.45) is 7.28. The number of piperazine rings is 1. The molecule has 2 unspecified atom stereocenters. The van der Waals surface area contributed by atoms with Gasteiger partial charge in [-0.25, -0.2) is 24.3 Å². The molecule has 1 aromatic carbocycles. The normalized spacial score (nSPS) is 18.4. The highest BCUT2D eigenvalue weighted by atomic mass is 19.1. The van der Waals surface area contributed by atoms with E-state index in [2.05, 4.69) is 36.7 Å². The summed E-state index contributed by atoms with van der Waals surface area (Å²) in [7, 11) is 0. The molecule has 2 atom stereocenters. The summed E-state index contributed by atoms with van der Waals surface area (Å²) < 4.78 is 21.2.